The Morgan fingerprint density at radius 2 is 2.10 bits per heavy atom. The Labute approximate surface area is 129 Å². The second-order valence-electron chi connectivity index (χ2n) is 5.51. The quantitative estimate of drug-likeness (QED) is 0.810. The lowest BCUT2D eigenvalue weighted by Gasteiger charge is -2.21. The Bertz CT molecular complexity index is 589. The van der Waals surface area contributed by atoms with Gasteiger partial charge in [0.25, 0.3) is 0 Å². The normalized spacial score (nSPS) is 26.9. The number of nitrogen functional groups attached to an aromatic ring is 1. The summed E-state index contributed by atoms with van der Waals surface area (Å²) in [6.07, 6.45) is 3.08. The van der Waals surface area contributed by atoms with Crippen molar-refractivity contribution in [1.82, 2.24) is 4.72 Å². The molecule has 1 aliphatic carbocycles. The van der Waals surface area contributed by atoms with Crippen molar-refractivity contribution in [1.29, 1.82) is 0 Å². The molecule has 0 radical (unpaired) electrons. The van der Waals surface area contributed by atoms with Gasteiger partial charge in [0.05, 0.1) is 5.69 Å². The molecule has 1 saturated carbocycles. The topological polar surface area (TPSA) is 72.2 Å². The van der Waals surface area contributed by atoms with Crippen LogP contribution in [0.5, 0.6) is 0 Å². The molecule has 3 unspecified atom stereocenters. The third kappa shape index (κ3) is 3.18. The molecule has 1 fully saturated rings. The summed E-state index contributed by atoms with van der Waals surface area (Å²) < 4.78 is 28.5. The molecule has 0 aromatic heterocycles. The predicted octanol–water partition coefficient (Wildman–Crippen LogP) is 3.13. The molecule has 1 aliphatic rings. The van der Waals surface area contributed by atoms with E-state index in [0.717, 1.165) is 23.7 Å². The van der Waals surface area contributed by atoms with Gasteiger partial charge in [0.2, 0.25) is 10.0 Å². The summed E-state index contributed by atoms with van der Waals surface area (Å²) in [7, 11) is -3.55. The fraction of sp³-hybridized carbons (Fsp3) is 0.571. The third-order valence-electron chi connectivity index (χ3n) is 4.32. The minimum Gasteiger partial charge on any atom is -0.398 e. The van der Waals surface area contributed by atoms with Gasteiger partial charge in [-0.25, -0.2) is 13.1 Å². The standard InChI is InChI=1S/C14H21BrN2O2S/c1-3-10-4-6-13(9(10)2)17-20(18,19)14-7-5-11(15)8-12(14)16/h5,7-10,13,17H,3-4,6,16H2,1-2H3. The first kappa shape index (κ1) is 15.8. The van der Waals surface area contributed by atoms with Crippen molar-refractivity contribution in [3.8, 4) is 0 Å². The van der Waals surface area contributed by atoms with Crippen LogP contribution in [0.25, 0.3) is 0 Å². The van der Waals surface area contributed by atoms with Crippen LogP contribution in [0.2, 0.25) is 0 Å². The zero-order valence-electron chi connectivity index (χ0n) is 11.8. The van der Waals surface area contributed by atoms with E-state index in [9.17, 15) is 8.42 Å². The first-order valence-corrected chi connectivity index (χ1v) is 9.20. The Kier molecular flexibility index (Phi) is 4.76. The molecule has 2 rings (SSSR count). The molecule has 0 aliphatic heterocycles. The Hall–Kier alpha value is -0.590. The van der Waals surface area contributed by atoms with E-state index in [2.05, 4.69) is 34.5 Å². The number of anilines is 1. The summed E-state index contributed by atoms with van der Waals surface area (Å²) in [5.41, 5.74) is 6.09. The summed E-state index contributed by atoms with van der Waals surface area (Å²) in [6, 6.07) is 4.85. The van der Waals surface area contributed by atoms with Gasteiger partial charge in [-0.2, -0.15) is 0 Å². The molecule has 3 atom stereocenters. The van der Waals surface area contributed by atoms with Crippen LogP contribution in [0.3, 0.4) is 0 Å². The van der Waals surface area contributed by atoms with Crippen molar-refractivity contribution in [2.24, 2.45) is 11.8 Å². The highest BCUT2D eigenvalue weighted by Gasteiger charge is 2.34. The van der Waals surface area contributed by atoms with E-state index in [1.165, 1.54) is 0 Å². The number of hydrogen-bond acceptors (Lipinski definition) is 3. The van der Waals surface area contributed by atoms with E-state index in [-0.39, 0.29) is 16.6 Å². The molecule has 20 heavy (non-hydrogen) atoms. The second kappa shape index (κ2) is 6.03. The summed E-state index contributed by atoms with van der Waals surface area (Å²) in [5, 5.41) is 0. The number of hydrogen-bond donors (Lipinski definition) is 2. The Morgan fingerprint density at radius 1 is 1.40 bits per heavy atom. The van der Waals surface area contributed by atoms with Gasteiger partial charge in [-0.05, 0) is 42.9 Å². The molecular weight excluding hydrogens is 340 g/mol. The maximum absolute atomic E-state index is 12.5. The molecule has 0 amide bonds. The zero-order chi connectivity index (χ0) is 14.9. The molecule has 0 spiro atoms. The van der Waals surface area contributed by atoms with E-state index in [1.807, 2.05) is 0 Å². The lowest BCUT2D eigenvalue weighted by atomic mass is 9.94. The number of halogens is 1. The summed E-state index contributed by atoms with van der Waals surface area (Å²) in [5.74, 6) is 0.969. The molecule has 1 aromatic rings. The highest BCUT2D eigenvalue weighted by molar-refractivity contribution is 9.10. The van der Waals surface area contributed by atoms with Gasteiger partial charge in [0.15, 0.2) is 0 Å². The minimum absolute atomic E-state index is 0.00740. The molecule has 4 nitrogen and oxygen atoms in total. The van der Waals surface area contributed by atoms with Gasteiger partial charge in [-0.15, -0.1) is 0 Å². The highest BCUT2D eigenvalue weighted by Crippen LogP contribution is 2.35. The van der Waals surface area contributed by atoms with Crippen LogP contribution >= 0.6 is 15.9 Å². The fourth-order valence-electron chi connectivity index (χ4n) is 3.02. The van der Waals surface area contributed by atoms with Crippen LogP contribution in [-0.2, 0) is 10.0 Å². The van der Waals surface area contributed by atoms with Crippen LogP contribution in [0.4, 0.5) is 5.69 Å². The van der Waals surface area contributed by atoms with Crippen LogP contribution in [0.15, 0.2) is 27.6 Å². The summed E-state index contributed by atoms with van der Waals surface area (Å²) >= 11 is 3.28. The van der Waals surface area contributed by atoms with E-state index in [0.29, 0.717) is 11.8 Å². The van der Waals surface area contributed by atoms with Crippen molar-refractivity contribution >= 4 is 31.6 Å². The molecule has 0 saturated heterocycles. The highest BCUT2D eigenvalue weighted by atomic mass is 79.9. The first-order chi connectivity index (χ1) is 9.35. The average Bonchev–Trinajstić information content (AvgIpc) is 2.69. The van der Waals surface area contributed by atoms with Gasteiger partial charge < -0.3 is 5.73 Å². The average molecular weight is 361 g/mol. The molecule has 0 bridgehead atoms. The lowest BCUT2D eigenvalue weighted by Crippen LogP contribution is -2.37. The van der Waals surface area contributed by atoms with Gasteiger partial charge in [-0.3, -0.25) is 0 Å². The third-order valence-corrected chi connectivity index (χ3v) is 6.38. The van der Waals surface area contributed by atoms with Gasteiger partial charge in [0, 0.05) is 10.5 Å². The van der Waals surface area contributed by atoms with Gasteiger partial charge in [0.1, 0.15) is 4.90 Å². The molecule has 0 heterocycles. The molecule has 6 heteroatoms. The van der Waals surface area contributed by atoms with Crippen LogP contribution in [0.1, 0.15) is 33.1 Å². The van der Waals surface area contributed by atoms with Crippen molar-refractivity contribution in [2.45, 2.75) is 44.0 Å². The van der Waals surface area contributed by atoms with Gasteiger partial charge in [-0.1, -0.05) is 36.2 Å². The SMILES string of the molecule is CCC1CCC(NS(=O)(=O)c2ccc(Br)cc2N)C1C. The lowest BCUT2D eigenvalue weighted by molar-refractivity contribution is 0.368. The van der Waals surface area contributed by atoms with Crippen LogP contribution in [-0.4, -0.2) is 14.5 Å². The predicted molar refractivity (Wildman–Crippen MR) is 84.8 cm³/mol. The number of nitrogens with two attached hydrogens (primary N) is 1. The maximum Gasteiger partial charge on any atom is 0.242 e. The second-order valence-corrected chi connectivity index (χ2v) is 8.11. The minimum atomic E-state index is -3.55. The van der Waals surface area contributed by atoms with Crippen LogP contribution < -0.4 is 10.5 Å². The fourth-order valence-corrected chi connectivity index (χ4v) is 4.87. The van der Waals surface area contributed by atoms with Crippen molar-refractivity contribution < 1.29 is 8.42 Å². The maximum atomic E-state index is 12.5. The van der Waals surface area contributed by atoms with Crippen molar-refractivity contribution in [3.63, 3.8) is 0 Å². The van der Waals surface area contributed by atoms with Crippen LogP contribution in [0, 0.1) is 11.8 Å². The van der Waals surface area contributed by atoms with E-state index >= 15 is 0 Å². The zero-order valence-corrected chi connectivity index (χ0v) is 14.2. The van der Waals surface area contributed by atoms with E-state index in [4.69, 9.17) is 5.73 Å². The number of sulfonamides is 1. The summed E-state index contributed by atoms with van der Waals surface area (Å²) in [4.78, 5) is 0.160. The Morgan fingerprint density at radius 3 is 2.65 bits per heavy atom. The largest absolute Gasteiger partial charge is 0.398 e. The molecular formula is C14H21BrN2O2S. The number of nitrogens with one attached hydrogen (secondary N) is 1. The molecule has 1 aromatic carbocycles. The van der Waals surface area contributed by atoms with Crippen molar-refractivity contribution in [3.05, 3.63) is 22.7 Å². The molecule has 112 valence electrons. The van der Waals surface area contributed by atoms with E-state index < -0.39 is 10.0 Å². The smallest absolute Gasteiger partial charge is 0.242 e. The van der Waals surface area contributed by atoms with Crippen molar-refractivity contribution in [2.75, 3.05) is 5.73 Å². The number of benzene rings is 1. The Balaban J connectivity index is 2.20. The monoisotopic (exact) mass is 360 g/mol. The van der Waals surface area contributed by atoms with E-state index in [1.54, 1.807) is 18.2 Å². The first-order valence-electron chi connectivity index (χ1n) is 6.92. The molecule has 3 N–H and O–H groups in total. The van der Waals surface area contributed by atoms with Gasteiger partial charge >= 0.3 is 0 Å². The number of rotatable bonds is 4. The summed E-state index contributed by atoms with van der Waals surface area (Å²) in [6.45, 7) is 4.28.